The first-order chi connectivity index (χ1) is 11.3. The zero-order chi connectivity index (χ0) is 17.6. The Morgan fingerprint density at radius 3 is 2.25 bits per heavy atom. The maximum atomic E-state index is 12.2. The van der Waals surface area contributed by atoms with Crippen molar-refractivity contribution in [3.8, 4) is 0 Å². The number of hydrogen-bond acceptors (Lipinski definition) is 2. The van der Waals surface area contributed by atoms with Gasteiger partial charge in [0, 0.05) is 17.0 Å². The van der Waals surface area contributed by atoms with Gasteiger partial charge in [-0.1, -0.05) is 67.9 Å². The highest BCUT2D eigenvalue weighted by molar-refractivity contribution is 7.89. The van der Waals surface area contributed by atoms with E-state index in [2.05, 4.69) is 4.72 Å². The number of halogens is 1. The second kappa shape index (κ2) is 8.15. The molecule has 0 fully saturated rings. The smallest absolute Gasteiger partial charge is 0.211 e. The Kier molecular flexibility index (Phi) is 6.44. The number of hydrogen-bond donors (Lipinski definition) is 1. The van der Waals surface area contributed by atoms with Gasteiger partial charge in [-0.3, -0.25) is 0 Å². The first kappa shape index (κ1) is 19.0. The summed E-state index contributed by atoms with van der Waals surface area (Å²) in [6.45, 7) is 4.40. The Labute approximate surface area is 150 Å². The number of benzene rings is 2. The predicted molar refractivity (Wildman–Crippen MR) is 101 cm³/mol. The van der Waals surface area contributed by atoms with Crippen LogP contribution in [0.4, 0.5) is 0 Å². The molecule has 0 heterocycles. The standard InChI is InChI=1S/C19H24ClNO2S/c1-19(2,17-10-12-18(20)13-11-17)15-21-24(22,23)14-6-9-16-7-4-3-5-8-16/h3-5,7-8,10-13,21H,6,9,14-15H2,1-2H3. The highest BCUT2D eigenvalue weighted by atomic mass is 35.5. The van der Waals surface area contributed by atoms with Gasteiger partial charge >= 0.3 is 0 Å². The molecule has 2 aromatic carbocycles. The molecule has 24 heavy (non-hydrogen) atoms. The molecule has 130 valence electrons. The Balaban J connectivity index is 1.86. The van der Waals surface area contributed by atoms with Crippen molar-refractivity contribution in [3.63, 3.8) is 0 Å². The number of rotatable bonds is 8. The zero-order valence-electron chi connectivity index (χ0n) is 14.1. The van der Waals surface area contributed by atoms with E-state index < -0.39 is 10.0 Å². The molecule has 0 saturated heterocycles. The molecule has 0 aliphatic rings. The summed E-state index contributed by atoms with van der Waals surface area (Å²) < 4.78 is 27.2. The lowest BCUT2D eigenvalue weighted by atomic mass is 9.85. The summed E-state index contributed by atoms with van der Waals surface area (Å²) in [7, 11) is -3.28. The minimum Gasteiger partial charge on any atom is -0.214 e. The second-order valence-corrected chi connectivity index (χ2v) is 8.98. The molecule has 0 radical (unpaired) electrons. The monoisotopic (exact) mass is 365 g/mol. The lowest BCUT2D eigenvalue weighted by molar-refractivity contribution is 0.501. The molecule has 0 aliphatic heterocycles. The van der Waals surface area contributed by atoms with Crippen LogP contribution in [0.5, 0.6) is 0 Å². The van der Waals surface area contributed by atoms with E-state index in [0.717, 1.165) is 17.5 Å². The van der Waals surface area contributed by atoms with Crippen molar-refractivity contribution in [2.75, 3.05) is 12.3 Å². The molecule has 0 amide bonds. The quantitative estimate of drug-likeness (QED) is 0.763. The normalized spacial score (nSPS) is 12.3. The summed E-state index contributed by atoms with van der Waals surface area (Å²) in [6.07, 6.45) is 1.38. The fraction of sp³-hybridized carbons (Fsp3) is 0.368. The van der Waals surface area contributed by atoms with E-state index in [-0.39, 0.29) is 11.2 Å². The van der Waals surface area contributed by atoms with Crippen LogP contribution in [-0.4, -0.2) is 20.7 Å². The highest BCUT2D eigenvalue weighted by Gasteiger charge is 2.23. The Morgan fingerprint density at radius 2 is 1.62 bits per heavy atom. The molecular formula is C19H24ClNO2S. The van der Waals surface area contributed by atoms with Gasteiger partial charge < -0.3 is 0 Å². The third kappa shape index (κ3) is 5.93. The summed E-state index contributed by atoms with van der Waals surface area (Å²) in [4.78, 5) is 0. The number of nitrogens with one attached hydrogen (secondary N) is 1. The summed E-state index contributed by atoms with van der Waals surface area (Å²) in [6, 6.07) is 17.5. The van der Waals surface area contributed by atoms with Crippen LogP contribution < -0.4 is 4.72 Å². The van der Waals surface area contributed by atoms with Crippen molar-refractivity contribution in [1.29, 1.82) is 0 Å². The molecule has 3 nitrogen and oxygen atoms in total. The molecule has 0 unspecified atom stereocenters. The summed E-state index contributed by atoms with van der Waals surface area (Å²) in [5.41, 5.74) is 1.92. The summed E-state index contributed by atoms with van der Waals surface area (Å²) in [5.74, 6) is 0.137. The largest absolute Gasteiger partial charge is 0.214 e. The van der Waals surface area contributed by atoms with Gasteiger partial charge in [-0.15, -0.1) is 0 Å². The van der Waals surface area contributed by atoms with Crippen LogP contribution in [0.15, 0.2) is 54.6 Å². The van der Waals surface area contributed by atoms with E-state index >= 15 is 0 Å². The van der Waals surface area contributed by atoms with Crippen LogP contribution in [-0.2, 0) is 21.9 Å². The van der Waals surface area contributed by atoms with Crippen molar-refractivity contribution in [2.45, 2.75) is 32.1 Å². The average molecular weight is 366 g/mol. The van der Waals surface area contributed by atoms with Gasteiger partial charge in [0.05, 0.1) is 5.75 Å². The van der Waals surface area contributed by atoms with Gasteiger partial charge in [-0.05, 0) is 36.1 Å². The van der Waals surface area contributed by atoms with Crippen LogP contribution >= 0.6 is 11.6 Å². The van der Waals surface area contributed by atoms with Crippen LogP contribution in [0.25, 0.3) is 0 Å². The van der Waals surface area contributed by atoms with Gasteiger partial charge in [0.25, 0.3) is 0 Å². The third-order valence-corrected chi connectivity index (χ3v) is 5.74. The topological polar surface area (TPSA) is 46.2 Å². The number of aryl methyl sites for hydroxylation is 1. The molecule has 0 bridgehead atoms. The lowest BCUT2D eigenvalue weighted by Crippen LogP contribution is -2.37. The maximum absolute atomic E-state index is 12.2. The van der Waals surface area contributed by atoms with Crippen LogP contribution in [0.3, 0.4) is 0 Å². The molecular weight excluding hydrogens is 342 g/mol. The Hall–Kier alpha value is -1.36. The fourth-order valence-corrected chi connectivity index (χ4v) is 3.85. The minimum atomic E-state index is -3.28. The van der Waals surface area contributed by atoms with Gasteiger partial charge in [0.2, 0.25) is 10.0 Å². The van der Waals surface area contributed by atoms with Gasteiger partial charge in [-0.2, -0.15) is 0 Å². The van der Waals surface area contributed by atoms with Gasteiger partial charge in [0.1, 0.15) is 0 Å². The van der Waals surface area contributed by atoms with E-state index in [4.69, 9.17) is 11.6 Å². The van der Waals surface area contributed by atoms with E-state index in [1.807, 2.05) is 68.4 Å². The van der Waals surface area contributed by atoms with Crippen LogP contribution in [0.2, 0.25) is 5.02 Å². The molecule has 0 aliphatic carbocycles. The maximum Gasteiger partial charge on any atom is 0.211 e. The third-order valence-electron chi connectivity index (χ3n) is 4.08. The highest BCUT2D eigenvalue weighted by Crippen LogP contribution is 2.24. The van der Waals surface area contributed by atoms with E-state index in [1.54, 1.807) is 0 Å². The zero-order valence-corrected chi connectivity index (χ0v) is 15.7. The first-order valence-corrected chi connectivity index (χ1v) is 10.1. The molecule has 5 heteroatoms. The van der Waals surface area contributed by atoms with E-state index in [9.17, 15) is 8.42 Å². The van der Waals surface area contributed by atoms with Crippen molar-refractivity contribution in [2.24, 2.45) is 0 Å². The second-order valence-electron chi connectivity index (χ2n) is 6.62. The molecule has 2 aromatic rings. The molecule has 2 rings (SSSR count). The number of sulfonamides is 1. The minimum absolute atomic E-state index is 0.137. The lowest BCUT2D eigenvalue weighted by Gasteiger charge is -2.25. The van der Waals surface area contributed by atoms with Crippen LogP contribution in [0, 0.1) is 0 Å². The molecule has 0 aromatic heterocycles. The van der Waals surface area contributed by atoms with Gasteiger partial charge in [-0.25, -0.2) is 13.1 Å². The predicted octanol–water partition coefficient (Wildman–Crippen LogP) is 4.17. The van der Waals surface area contributed by atoms with Crippen LogP contribution in [0.1, 0.15) is 31.4 Å². The summed E-state index contributed by atoms with van der Waals surface area (Å²) >= 11 is 5.91. The fourth-order valence-electron chi connectivity index (χ4n) is 2.48. The summed E-state index contributed by atoms with van der Waals surface area (Å²) in [5, 5.41) is 0.677. The molecule has 0 atom stereocenters. The van der Waals surface area contributed by atoms with Crippen molar-refractivity contribution in [1.82, 2.24) is 4.72 Å². The van der Waals surface area contributed by atoms with Crippen molar-refractivity contribution >= 4 is 21.6 Å². The SMILES string of the molecule is CC(C)(CNS(=O)(=O)CCCc1ccccc1)c1ccc(Cl)cc1. The van der Waals surface area contributed by atoms with Gasteiger partial charge in [0.15, 0.2) is 0 Å². The first-order valence-electron chi connectivity index (χ1n) is 8.06. The molecule has 0 saturated carbocycles. The molecule has 1 N–H and O–H groups in total. The van der Waals surface area contributed by atoms with Crippen molar-refractivity contribution < 1.29 is 8.42 Å². The van der Waals surface area contributed by atoms with E-state index in [0.29, 0.717) is 18.0 Å². The van der Waals surface area contributed by atoms with Crippen molar-refractivity contribution in [3.05, 3.63) is 70.7 Å². The average Bonchev–Trinajstić information content (AvgIpc) is 2.55. The molecule has 0 spiro atoms. The Bertz CT molecular complexity index is 741. The van der Waals surface area contributed by atoms with E-state index in [1.165, 1.54) is 0 Å². The Morgan fingerprint density at radius 1 is 1.00 bits per heavy atom.